The molecule has 5 heteroatoms. The molecule has 0 saturated heterocycles. The number of anilines is 3. The van der Waals surface area contributed by atoms with Crippen LogP contribution in [-0.4, -0.2) is 12.5 Å². The van der Waals surface area contributed by atoms with Crippen LogP contribution in [0.1, 0.15) is 5.56 Å². The van der Waals surface area contributed by atoms with Crippen LogP contribution in [0.4, 0.5) is 17.1 Å². The average Bonchev–Trinajstić information content (AvgIpc) is 2.44. The number of carbonyl (C=O) groups excluding carboxylic acids is 1. The van der Waals surface area contributed by atoms with Gasteiger partial charge in [-0.25, -0.2) is 0 Å². The second kappa shape index (κ2) is 4.77. The number of nitrogens with zero attached hydrogens (tertiary/aromatic N) is 1. The first-order chi connectivity index (χ1) is 9.63. The number of carbonyl (C=O) groups is 1. The highest BCUT2D eigenvalue weighted by Crippen LogP contribution is 2.34. The summed E-state index contributed by atoms with van der Waals surface area (Å²) in [6, 6.07) is 12.8. The smallest absolute Gasteiger partial charge is 0.265 e. The van der Waals surface area contributed by atoms with Crippen LogP contribution < -0.4 is 21.1 Å². The Labute approximate surface area is 116 Å². The molecule has 0 bridgehead atoms. The molecular formula is C15H15N3O2. The Balaban J connectivity index is 1.94. The minimum Gasteiger partial charge on any atom is -0.482 e. The molecule has 1 aliphatic rings. The highest BCUT2D eigenvalue weighted by Gasteiger charge is 2.25. The quantitative estimate of drug-likeness (QED) is 0.814. The number of ether oxygens (including phenoxy) is 1. The topological polar surface area (TPSA) is 81.6 Å². The van der Waals surface area contributed by atoms with Crippen LogP contribution in [0.25, 0.3) is 0 Å². The van der Waals surface area contributed by atoms with E-state index in [0.717, 1.165) is 5.56 Å². The zero-order chi connectivity index (χ0) is 14.1. The molecule has 0 saturated carbocycles. The molecule has 0 spiro atoms. The largest absolute Gasteiger partial charge is 0.482 e. The molecule has 0 fully saturated rings. The van der Waals surface area contributed by atoms with Gasteiger partial charge in [-0.05, 0) is 35.9 Å². The van der Waals surface area contributed by atoms with Crippen molar-refractivity contribution in [3.63, 3.8) is 0 Å². The fourth-order valence-electron chi connectivity index (χ4n) is 2.20. The number of nitrogen functional groups attached to an aromatic ring is 2. The van der Waals surface area contributed by atoms with Crippen LogP contribution in [0.15, 0.2) is 42.5 Å². The summed E-state index contributed by atoms with van der Waals surface area (Å²) in [6.45, 7) is 0.519. The Kier molecular flexibility index (Phi) is 2.95. The van der Waals surface area contributed by atoms with Gasteiger partial charge >= 0.3 is 0 Å². The molecule has 0 atom stereocenters. The Morgan fingerprint density at radius 3 is 2.50 bits per heavy atom. The van der Waals surface area contributed by atoms with Gasteiger partial charge < -0.3 is 21.1 Å². The number of fused-ring (bicyclic) bond motifs is 1. The summed E-state index contributed by atoms with van der Waals surface area (Å²) in [5.74, 6) is 0.592. The molecule has 0 aromatic heterocycles. The second-order valence-electron chi connectivity index (χ2n) is 4.74. The maximum Gasteiger partial charge on any atom is 0.265 e. The van der Waals surface area contributed by atoms with Crippen LogP contribution in [0.5, 0.6) is 5.75 Å². The van der Waals surface area contributed by atoms with Crippen molar-refractivity contribution in [2.45, 2.75) is 6.54 Å². The molecule has 102 valence electrons. The summed E-state index contributed by atoms with van der Waals surface area (Å²) in [5.41, 5.74) is 14.5. The number of amides is 1. The zero-order valence-corrected chi connectivity index (χ0v) is 10.9. The van der Waals surface area contributed by atoms with Gasteiger partial charge in [-0.15, -0.1) is 0 Å². The van der Waals surface area contributed by atoms with Gasteiger partial charge in [0.1, 0.15) is 5.75 Å². The van der Waals surface area contributed by atoms with E-state index in [1.165, 1.54) is 0 Å². The molecular weight excluding hydrogens is 254 g/mol. The minimum atomic E-state index is -0.0834. The van der Waals surface area contributed by atoms with Crippen molar-refractivity contribution in [3.05, 3.63) is 48.0 Å². The summed E-state index contributed by atoms with van der Waals surface area (Å²) >= 11 is 0. The van der Waals surface area contributed by atoms with Crippen LogP contribution in [0.3, 0.4) is 0 Å². The van der Waals surface area contributed by atoms with Crippen molar-refractivity contribution in [2.24, 2.45) is 0 Å². The van der Waals surface area contributed by atoms with Crippen LogP contribution in [0, 0.1) is 0 Å². The van der Waals surface area contributed by atoms with Crippen LogP contribution in [0.2, 0.25) is 0 Å². The maximum absolute atomic E-state index is 12.1. The maximum atomic E-state index is 12.1. The molecule has 1 amide bonds. The Hall–Kier alpha value is -2.69. The molecule has 3 rings (SSSR count). The lowest BCUT2D eigenvalue weighted by atomic mass is 10.1. The van der Waals surface area contributed by atoms with Gasteiger partial charge in [-0.2, -0.15) is 0 Å². The van der Waals surface area contributed by atoms with Gasteiger partial charge in [0, 0.05) is 11.4 Å². The van der Waals surface area contributed by atoms with Crippen LogP contribution >= 0.6 is 0 Å². The first-order valence-corrected chi connectivity index (χ1v) is 6.30. The summed E-state index contributed by atoms with van der Waals surface area (Å²) < 4.78 is 5.41. The van der Waals surface area contributed by atoms with E-state index in [-0.39, 0.29) is 12.5 Å². The van der Waals surface area contributed by atoms with E-state index >= 15 is 0 Å². The fraction of sp³-hybridized carbons (Fsp3) is 0.133. The molecule has 1 aliphatic heterocycles. The van der Waals surface area contributed by atoms with Crippen molar-refractivity contribution >= 4 is 23.0 Å². The first kappa shape index (κ1) is 12.3. The predicted molar refractivity (Wildman–Crippen MR) is 78.4 cm³/mol. The van der Waals surface area contributed by atoms with Crippen molar-refractivity contribution in [1.29, 1.82) is 0 Å². The van der Waals surface area contributed by atoms with E-state index in [0.29, 0.717) is 29.4 Å². The lowest BCUT2D eigenvalue weighted by molar-refractivity contribution is -0.121. The van der Waals surface area contributed by atoms with Gasteiger partial charge in [0.15, 0.2) is 6.61 Å². The Bertz CT molecular complexity index is 653. The first-order valence-electron chi connectivity index (χ1n) is 6.30. The number of benzene rings is 2. The lowest BCUT2D eigenvalue weighted by Crippen LogP contribution is -2.38. The average molecular weight is 269 g/mol. The number of hydrogen-bond donors (Lipinski definition) is 2. The lowest BCUT2D eigenvalue weighted by Gasteiger charge is -2.29. The molecule has 2 aromatic rings. The highest BCUT2D eigenvalue weighted by molar-refractivity contribution is 5.98. The van der Waals surface area contributed by atoms with Gasteiger partial charge in [-0.3, -0.25) is 4.79 Å². The summed E-state index contributed by atoms with van der Waals surface area (Å²) in [6.07, 6.45) is 0. The van der Waals surface area contributed by atoms with Gasteiger partial charge in [0.05, 0.1) is 12.2 Å². The van der Waals surface area contributed by atoms with E-state index < -0.39 is 0 Å². The highest BCUT2D eigenvalue weighted by atomic mass is 16.5. The molecule has 5 nitrogen and oxygen atoms in total. The van der Waals surface area contributed by atoms with E-state index in [1.54, 1.807) is 23.1 Å². The number of hydrogen-bond acceptors (Lipinski definition) is 4. The molecule has 2 aromatic carbocycles. The SMILES string of the molecule is Nc1ccc(CN2C(=O)COc3ccc(N)cc32)cc1. The van der Waals surface area contributed by atoms with E-state index in [4.69, 9.17) is 16.2 Å². The molecule has 0 unspecified atom stereocenters. The summed E-state index contributed by atoms with van der Waals surface area (Å²) in [7, 11) is 0. The van der Waals surface area contributed by atoms with Crippen molar-refractivity contribution in [2.75, 3.05) is 23.0 Å². The second-order valence-corrected chi connectivity index (χ2v) is 4.74. The van der Waals surface area contributed by atoms with Crippen LogP contribution in [-0.2, 0) is 11.3 Å². The Morgan fingerprint density at radius 1 is 1.05 bits per heavy atom. The third-order valence-electron chi connectivity index (χ3n) is 3.25. The molecule has 1 heterocycles. The molecule has 0 aliphatic carbocycles. The molecule has 4 N–H and O–H groups in total. The van der Waals surface area contributed by atoms with Gasteiger partial charge in [0.25, 0.3) is 5.91 Å². The third kappa shape index (κ3) is 2.25. The van der Waals surface area contributed by atoms with Crippen molar-refractivity contribution in [1.82, 2.24) is 0 Å². The monoisotopic (exact) mass is 269 g/mol. The normalized spacial score (nSPS) is 13.8. The summed E-state index contributed by atoms with van der Waals surface area (Å²) in [5, 5.41) is 0. The fourth-order valence-corrected chi connectivity index (χ4v) is 2.20. The van der Waals surface area contributed by atoms with Crippen molar-refractivity contribution in [3.8, 4) is 5.75 Å². The third-order valence-corrected chi connectivity index (χ3v) is 3.25. The minimum absolute atomic E-state index is 0.0475. The van der Waals surface area contributed by atoms with E-state index in [1.807, 2.05) is 24.3 Å². The predicted octanol–water partition coefficient (Wildman–Crippen LogP) is 1.78. The van der Waals surface area contributed by atoms with E-state index in [9.17, 15) is 4.79 Å². The standard InChI is InChI=1S/C15H15N3O2/c16-11-3-1-10(2-4-11)8-18-13-7-12(17)5-6-14(13)20-9-15(18)19/h1-7H,8-9,16-17H2. The Morgan fingerprint density at radius 2 is 1.75 bits per heavy atom. The zero-order valence-electron chi connectivity index (χ0n) is 10.9. The molecule has 0 radical (unpaired) electrons. The van der Waals surface area contributed by atoms with Gasteiger partial charge in [0.2, 0.25) is 0 Å². The summed E-state index contributed by atoms with van der Waals surface area (Å²) in [4.78, 5) is 13.8. The molecule has 20 heavy (non-hydrogen) atoms. The van der Waals surface area contributed by atoms with E-state index in [2.05, 4.69) is 0 Å². The van der Waals surface area contributed by atoms with Crippen molar-refractivity contribution < 1.29 is 9.53 Å². The number of rotatable bonds is 2. The van der Waals surface area contributed by atoms with Gasteiger partial charge in [-0.1, -0.05) is 12.1 Å². The number of nitrogens with two attached hydrogens (primary N) is 2.